The number of carbonyl (C=O) groups excluding carboxylic acids is 2. The third-order valence-electron chi connectivity index (χ3n) is 3.46. The maximum absolute atomic E-state index is 12.1. The fourth-order valence-corrected chi connectivity index (χ4v) is 2.13. The second-order valence-electron chi connectivity index (χ2n) is 5.22. The summed E-state index contributed by atoms with van der Waals surface area (Å²) in [6, 6.07) is 10.5. The number of nitro groups is 1. The van der Waals surface area contributed by atoms with E-state index >= 15 is 0 Å². The zero-order valence-corrected chi connectivity index (χ0v) is 13.9. The van der Waals surface area contributed by atoms with Gasteiger partial charge in [-0.05, 0) is 44.2 Å². The zero-order chi connectivity index (χ0) is 18.4. The SMILES string of the molecule is CCOc1ccc(C(=O)COC(=O)c2ccc(C)c([N+](=O)[O-])c2)cc1. The molecule has 0 saturated carbocycles. The van der Waals surface area contributed by atoms with Crippen LogP contribution in [-0.4, -0.2) is 29.9 Å². The Morgan fingerprint density at radius 1 is 1.08 bits per heavy atom. The Hall–Kier alpha value is -3.22. The van der Waals surface area contributed by atoms with Crippen molar-refractivity contribution in [2.75, 3.05) is 13.2 Å². The highest BCUT2D eigenvalue weighted by molar-refractivity contribution is 5.99. The fourth-order valence-electron chi connectivity index (χ4n) is 2.13. The van der Waals surface area contributed by atoms with Gasteiger partial charge in [-0.25, -0.2) is 4.79 Å². The molecule has 0 aliphatic carbocycles. The summed E-state index contributed by atoms with van der Waals surface area (Å²) in [5, 5.41) is 10.9. The number of benzene rings is 2. The molecule has 0 N–H and O–H groups in total. The van der Waals surface area contributed by atoms with E-state index in [1.807, 2.05) is 6.92 Å². The molecule has 0 atom stereocenters. The number of hydrogen-bond acceptors (Lipinski definition) is 6. The molecule has 130 valence electrons. The molecule has 0 bridgehead atoms. The topological polar surface area (TPSA) is 95.7 Å². The number of nitro benzene ring substituents is 1. The molecule has 25 heavy (non-hydrogen) atoms. The van der Waals surface area contributed by atoms with Crippen molar-refractivity contribution in [1.29, 1.82) is 0 Å². The average Bonchev–Trinajstić information content (AvgIpc) is 2.60. The van der Waals surface area contributed by atoms with E-state index < -0.39 is 17.5 Å². The first-order chi connectivity index (χ1) is 11.9. The summed E-state index contributed by atoms with van der Waals surface area (Å²) in [6.07, 6.45) is 0. The predicted octanol–water partition coefficient (Wildman–Crippen LogP) is 3.34. The van der Waals surface area contributed by atoms with Crippen LogP contribution in [0.3, 0.4) is 0 Å². The van der Waals surface area contributed by atoms with Crippen molar-refractivity contribution in [3.05, 3.63) is 69.3 Å². The van der Waals surface area contributed by atoms with E-state index in [4.69, 9.17) is 9.47 Å². The highest BCUT2D eigenvalue weighted by Gasteiger charge is 2.17. The van der Waals surface area contributed by atoms with Crippen LogP contribution in [0.2, 0.25) is 0 Å². The van der Waals surface area contributed by atoms with Crippen molar-refractivity contribution in [1.82, 2.24) is 0 Å². The molecule has 7 nitrogen and oxygen atoms in total. The second kappa shape index (κ2) is 8.05. The number of esters is 1. The van der Waals surface area contributed by atoms with Gasteiger partial charge in [0.2, 0.25) is 0 Å². The van der Waals surface area contributed by atoms with Crippen molar-refractivity contribution in [2.45, 2.75) is 13.8 Å². The van der Waals surface area contributed by atoms with Crippen LogP contribution in [-0.2, 0) is 4.74 Å². The first-order valence-electron chi connectivity index (χ1n) is 7.60. The van der Waals surface area contributed by atoms with Gasteiger partial charge in [0.25, 0.3) is 5.69 Å². The number of ketones is 1. The molecule has 0 fully saturated rings. The Balaban J connectivity index is 2.00. The number of aryl methyl sites for hydroxylation is 1. The second-order valence-corrected chi connectivity index (χ2v) is 5.22. The number of rotatable bonds is 7. The number of ether oxygens (including phenoxy) is 2. The lowest BCUT2D eigenvalue weighted by Gasteiger charge is -2.06. The van der Waals surface area contributed by atoms with E-state index in [2.05, 4.69) is 0 Å². The molecule has 2 rings (SSSR count). The lowest BCUT2D eigenvalue weighted by Crippen LogP contribution is -2.14. The van der Waals surface area contributed by atoms with Gasteiger partial charge in [0.1, 0.15) is 5.75 Å². The van der Waals surface area contributed by atoms with Crippen LogP contribution in [0.1, 0.15) is 33.2 Å². The number of Topliss-reactive ketones (excluding diaryl/α,β-unsaturated/α-hetero) is 1. The van der Waals surface area contributed by atoms with Crippen molar-refractivity contribution in [3.63, 3.8) is 0 Å². The molecule has 0 spiro atoms. The number of carbonyl (C=O) groups is 2. The summed E-state index contributed by atoms with van der Waals surface area (Å²) in [5.41, 5.74) is 0.669. The maximum Gasteiger partial charge on any atom is 0.338 e. The lowest BCUT2D eigenvalue weighted by molar-refractivity contribution is -0.385. The van der Waals surface area contributed by atoms with Crippen LogP contribution >= 0.6 is 0 Å². The van der Waals surface area contributed by atoms with Crippen molar-refractivity contribution in [3.8, 4) is 5.75 Å². The van der Waals surface area contributed by atoms with Crippen LogP contribution in [0.15, 0.2) is 42.5 Å². The van der Waals surface area contributed by atoms with Gasteiger partial charge in [-0.2, -0.15) is 0 Å². The molecule has 0 heterocycles. The molecule has 0 aliphatic heterocycles. The highest BCUT2D eigenvalue weighted by Crippen LogP contribution is 2.20. The minimum atomic E-state index is -0.789. The largest absolute Gasteiger partial charge is 0.494 e. The Morgan fingerprint density at radius 2 is 1.72 bits per heavy atom. The summed E-state index contributed by atoms with van der Waals surface area (Å²) in [7, 11) is 0. The van der Waals surface area contributed by atoms with Gasteiger partial charge in [-0.3, -0.25) is 14.9 Å². The van der Waals surface area contributed by atoms with Crippen molar-refractivity contribution < 1.29 is 24.0 Å². The summed E-state index contributed by atoms with van der Waals surface area (Å²) in [6.45, 7) is 3.50. The molecule has 0 amide bonds. The summed E-state index contributed by atoms with van der Waals surface area (Å²) < 4.78 is 10.2. The third-order valence-corrected chi connectivity index (χ3v) is 3.46. The Morgan fingerprint density at radius 3 is 2.32 bits per heavy atom. The van der Waals surface area contributed by atoms with E-state index in [1.54, 1.807) is 31.2 Å². The number of hydrogen-bond donors (Lipinski definition) is 0. The van der Waals surface area contributed by atoms with Crippen LogP contribution in [0.25, 0.3) is 0 Å². The van der Waals surface area contributed by atoms with Crippen LogP contribution < -0.4 is 4.74 Å². The lowest BCUT2D eigenvalue weighted by atomic mass is 10.1. The fraction of sp³-hybridized carbons (Fsp3) is 0.222. The predicted molar refractivity (Wildman–Crippen MR) is 90.1 cm³/mol. The van der Waals surface area contributed by atoms with Gasteiger partial charge in [-0.15, -0.1) is 0 Å². The van der Waals surface area contributed by atoms with Gasteiger partial charge in [0, 0.05) is 17.2 Å². The molecular weight excluding hydrogens is 326 g/mol. The van der Waals surface area contributed by atoms with Crippen LogP contribution in [0, 0.1) is 17.0 Å². The Kier molecular flexibility index (Phi) is 5.84. The monoisotopic (exact) mass is 343 g/mol. The van der Waals surface area contributed by atoms with Crippen LogP contribution in [0.5, 0.6) is 5.75 Å². The smallest absolute Gasteiger partial charge is 0.338 e. The average molecular weight is 343 g/mol. The minimum Gasteiger partial charge on any atom is -0.494 e. The normalized spacial score (nSPS) is 10.2. The van der Waals surface area contributed by atoms with E-state index in [-0.39, 0.29) is 17.0 Å². The minimum absolute atomic E-state index is 0.0248. The Bertz CT molecular complexity index is 798. The molecular formula is C18H17NO6. The van der Waals surface area contributed by atoms with Gasteiger partial charge < -0.3 is 9.47 Å². The standard InChI is InChI=1S/C18H17NO6/c1-3-24-15-8-6-13(7-9-15)17(20)11-25-18(21)14-5-4-12(2)16(10-14)19(22)23/h4-10H,3,11H2,1-2H3. The van der Waals surface area contributed by atoms with Gasteiger partial charge in [0.05, 0.1) is 17.1 Å². The maximum atomic E-state index is 12.1. The van der Waals surface area contributed by atoms with E-state index in [1.165, 1.54) is 12.1 Å². The molecule has 7 heteroatoms. The van der Waals surface area contributed by atoms with Gasteiger partial charge >= 0.3 is 5.97 Å². The third kappa shape index (κ3) is 4.63. The number of nitrogens with zero attached hydrogens (tertiary/aromatic N) is 1. The molecule has 0 radical (unpaired) electrons. The molecule has 0 aliphatic rings. The first kappa shape index (κ1) is 18.1. The quantitative estimate of drug-likeness (QED) is 0.331. The van der Waals surface area contributed by atoms with E-state index in [0.29, 0.717) is 23.5 Å². The highest BCUT2D eigenvalue weighted by atomic mass is 16.6. The molecule has 2 aromatic carbocycles. The summed E-state index contributed by atoms with van der Waals surface area (Å²) in [5.74, 6) is -0.525. The zero-order valence-electron chi connectivity index (χ0n) is 13.9. The van der Waals surface area contributed by atoms with Crippen molar-refractivity contribution >= 4 is 17.4 Å². The van der Waals surface area contributed by atoms with E-state index in [9.17, 15) is 19.7 Å². The van der Waals surface area contributed by atoms with Gasteiger partial charge in [-0.1, -0.05) is 6.07 Å². The molecule has 2 aromatic rings. The summed E-state index contributed by atoms with van der Waals surface area (Å²) in [4.78, 5) is 34.4. The first-order valence-corrected chi connectivity index (χ1v) is 7.60. The van der Waals surface area contributed by atoms with Crippen LogP contribution in [0.4, 0.5) is 5.69 Å². The summed E-state index contributed by atoms with van der Waals surface area (Å²) >= 11 is 0. The Labute approximate surface area is 144 Å². The van der Waals surface area contributed by atoms with Gasteiger partial charge in [0.15, 0.2) is 12.4 Å². The molecule has 0 unspecified atom stereocenters. The molecule has 0 aromatic heterocycles. The van der Waals surface area contributed by atoms with Crippen molar-refractivity contribution in [2.24, 2.45) is 0 Å². The van der Waals surface area contributed by atoms with E-state index in [0.717, 1.165) is 6.07 Å². The molecule has 0 saturated heterocycles.